The van der Waals surface area contributed by atoms with Gasteiger partial charge in [0.2, 0.25) is 0 Å². The predicted octanol–water partition coefficient (Wildman–Crippen LogP) is 4.24. The number of thiophene rings is 1. The number of nitrogens with one attached hydrogen (secondary N) is 1. The number of hydrogen-bond acceptors (Lipinski definition) is 2. The van der Waals surface area contributed by atoms with Gasteiger partial charge in [-0.15, -0.1) is 11.3 Å². The van der Waals surface area contributed by atoms with E-state index in [4.69, 9.17) is 0 Å². The Morgan fingerprint density at radius 3 is 2.33 bits per heavy atom. The summed E-state index contributed by atoms with van der Waals surface area (Å²) >= 11 is 4.75. The topological polar surface area (TPSA) is 12.0 Å². The highest BCUT2D eigenvalue weighted by Crippen LogP contribution is 2.31. The smallest absolute Gasteiger partial charge is 0.161 e. The van der Waals surface area contributed by atoms with Crippen molar-refractivity contribution in [3.05, 3.63) is 55.9 Å². The minimum atomic E-state index is -1.18. The van der Waals surface area contributed by atoms with Crippen molar-refractivity contribution in [2.75, 3.05) is 7.05 Å². The van der Waals surface area contributed by atoms with Crippen LogP contribution in [0.15, 0.2) is 27.4 Å². The third kappa shape index (κ3) is 2.60. The lowest BCUT2D eigenvalue weighted by Gasteiger charge is -2.16. The van der Waals surface area contributed by atoms with E-state index in [9.17, 15) is 13.2 Å². The van der Waals surface area contributed by atoms with E-state index < -0.39 is 23.5 Å². The third-order valence-corrected chi connectivity index (χ3v) is 4.08. The van der Waals surface area contributed by atoms with Crippen LogP contribution >= 0.6 is 27.3 Å². The number of hydrogen-bond donors (Lipinski definition) is 1. The molecule has 2 rings (SSSR count). The molecule has 1 atom stereocenters. The molecule has 0 spiro atoms. The molecule has 0 fully saturated rings. The van der Waals surface area contributed by atoms with E-state index in [1.165, 1.54) is 11.3 Å². The van der Waals surface area contributed by atoms with E-state index in [1.54, 1.807) is 7.05 Å². The molecule has 0 aliphatic rings. The second-order valence-corrected chi connectivity index (χ2v) is 5.98. The van der Waals surface area contributed by atoms with Crippen LogP contribution in [-0.2, 0) is 0 Å². The molecule has 2 aromatic rings. The van der Waals surface area contributed by atoms with Crippen molar-refractivity contribution >= 4 is 27.3 Å². The van der Waals surface area contributed by atoms with E-state index in [1.807, 2.05) is 11.4 Å². The van der Waals surface area contributed by atoms with Crippen LogP contribution in [0.5, 0.6) is 0 Å². The van der Waals surface area contributed by atoms with Gasteiger partial charge in [0.05, 0.1) is 9.83 Å². The first-order valence-electron chi connectivity index (χ1n) is 5.08. The van der Waals surface area contributed by atoms with Crippen molar-refractivity contribution < 1.29 is 13.2 Å². The van der Waals surface area contributed by atoms with E-state index in [2.05, 4.69) is 21.2 Å². The van der Waals surface area contributed by atoms with Gasteiger partial charge in [0.1, 0.15) is 5.82 Å². The van der Waals surface area contributed by atoms with Gasteiger partial charge in [0, 0.05) is 11.6 Å². The monoisotopic (exact) mass is 335 g/mol. The fraction of sp³-hybridized carbons (Fsp3) is 0.167. The van der Waals surface area contributed by atoms with Gasteiger partial charge in [-0.25, -0.2) is 13.2 Å². The van der Waals surface area contributed by atoms with Crippen LogP contribution < -0.4 is 5.32 Å². The van der Waals surface area contributed by atoms with Crippen LogP contribution in [-0.4, -0.2) is 7.05 Å². The Hall–Kier alpha value is -0.850. The average Bonchev–Trinajstić information content (AvgIpc) is 2.73. The quantitative estimate of drug-likeness (QED) is 0.827. The van der Waals surface area contributed by atoms with Crippen molar-refractivity contribution in [2.24, 2.45) is 0 Å². The van der Waals surface area contributed by atoms with Crippen molar-refractivity contribution in [1.82, 2.24) is 5.32 Å². The van der Waals surface area contributed by atoms with Gasteiger partial charge in [-0.1, -0.05) is 0 Å². The molecule has 0 amide bonds. The molecular formula is C12H9BrF3NS. The van der Waals surface area contributed by atoms with E-state index in [0.29, 0.717) is 6.07 Å². The normalized spacial score (nSPS) is 12.7. The summed E-state index contributed by atoms with van der Waals surface area (Å²) < 4.78 is 40.7. The van der Waals surface area contributed by atoms with Gasteiger partial charge in [-0.05, 0) is 46.1 Å². The summed E-state index contributed by atoms with van der Waals surface area (Å²) in [5, 5.41) is 4.72. The van der Waals surface area contributed by atoms with Gasteiger partial charge in [0.15, 0.2) is 11.6 Å². The fourth-order valence-corrected chi connectivity index (χ4v) is 2.94. The minimum absolute atomic E-state index is 0.0849. The summed E-state index contributed by atoms with van der Waals surface area (Å²) in [5.74, 6) is -3.01. The molecule has 0 saturated heterocycles. The molecule has 0 bridgehead atoms. The van der Waals surface area contributed by atoms with Crippen molar-refractivity contribution in [2.45, 2.75) is 6.04 Å². The number of benzene rings is 1. The molecule has 1 heterocycles. The van der Waals surface area contributed by atoms with Crippen molar-refractivity contribution in [3.8, 4) is 0 Å². The summed E-state index contributed by atoms with van der Waals surface area (Å²) in [6.45, 7) is 0. The largest absolute Gasteiger partial charge is 0.309 e. The van der Waals surface area contributed by atoms with Crippen molar-refractivity contribution in [1.29, 1.82) is 0 Å². The van der Waals surface area contributed by atoms with Gasteiger partial charge in [-0.3, -0.25) is 0 Å². The molecule has 1 aromatic carbocycles. The van der Waals surface area contributed by atoms with Crippen LogP contribution in [0.4, 0.5) is 13.2 Å². The summed E-state index contributed by atoms with van der Waals surface area (Å²) in [6.07, 6.45) is 0. The van der Waals surface area contributed by atoms with Crippen LogP contribution in [0.1, 0.15) is 17.2 Å². The maximum absolute atomic E-state index is 13.7. The summed E-state index contributed by atoms with van der Waals surface area (Å²) in [5.41, 5.74) is 0.876. The zero-order chi connectivity index (χ0) is 13.3. The average molecular weight is 336 g/mol. The highest BCUT2D eigenvalue weighted by atomic mass is 79.9. The molecule has 0 radical (unpaired) electrons. The maximum atomic E-state index is 13.7. The summed E-state index contributed by atoms with van der Waals surface area (Å²) in [7, 11) is 1.64. The standard InChI is InChI=1S/C12H9BrF3NS/c1-17-12(6-2-11(13)18-5-6)7-3-9(15)10(16)4-8(7)14/h2-5,12,17H,1H3. The molecule has 0 aliphatic heterocycles. The van der Waals surface area contributed by atoms with Crippen molar-refractivity contribution in [3.63, 3.8) is 0 Å². The maximum Gasteiger partial charge on any atom is 0.161 e. The first-order valence-corrected chi connectivity index (χ1v) is 6.76. The zero-order valence-electron chi connectivity index (χ0n) is 9.31. The molecular weight excluding hydrogens is 327 g/mol. The molecule has 0 saturated carbocycles. The van der Waals surface area contributed by atoms with Crippen LogP contribution in [0.2, 0.25) is 0 Å². The molecule has 1 unspecified atom stereocenters. The highest BCUT2D eigenvalue weighted by Gasteiger charge is 2.20. The fourth-order valence-electron chi connectivity index (χ4n) is 1.74. The second-order valence-electron chi connectivity index (χ2n) is 3.69. The van der Waals surface area contributed by atoms with E-state index in [-0.39, 0.29) is 5.56 Å². The molecule has 6 heteroatoms. The third-order valence-electron chi connectivity index (χ3n) is 2.56. The summed E-state index contributed by atoms with van der Waals surface area (Å²) in [6, 6.07) is 2.75. The van der Waals surface area contributed by atoms with E-state index >= 15 is 0 Å². The Kier molecular flexibility index (Phi) is 4.09. The van der Waals surface area contributed by atoms with Crippen LogP contribution in [0.3, 0.4) is 0 Å². The lowest BCUT2D eigenvalue weighted by Crippen LogP contribution is -2.19. The van der Waals surface area contributed by atoms with Gasteiger partial charge in [0.25, 0.3) is 0 Å². The van der Waals surface area contributed by atoms with Gasteiger partial charge in [-0.2, -0.15) is 0 Å². The Morgan fingerprint density at radius 1 is 1.11 bits per heavy atom. The molecule has 1 aromatic heterocycles. The first-order chi connectivity index (χ1) is 8.52. The molecule has 96 valence electrons. The highest BCUT2D eigenvalue weighted by molar-refractivity contribution is 9.11. The molecule has 18 heavy (non-hydrogen) atoms. The lowest BCUT2D eigenvalue weighted by molar-refractivity contribution is 0.483. The van der Waals surface area contributed by atoms with Crippen LogP contribution in [0, 0.1) is 17.5 Å². The predicted molar refractivity (Wildman–Crippen MR) is 69.2 cm³/mol. The SMILES string of the molecule is CNC(c1csc(Br)c1)c1cc(F)c(F)cc1F. The second kappa shape index (κ2) is 5.42. The Bertz CT molecular complexity index is 570. The molecule has 1 nitrogen and oxygen atoms in total. The number of halogens is 4. The lowest BCUT2D eigenvalue weighted by atomic mass is 10.0. The molecule has 0 aliphatic carbocycles. The first kappa shape index (κ1) is 13.6. The minimum Gasteiger partial charge on any atom is -0.309 e. The van der Waals surface area contributed by atoms with Gasteiger partial charge < -0.3 is 5.32 Å². The van der Waals surface area contributed by atoms with Crippen LogP contribution in [0.25, 0.3) is 0 Å². The zero-order valence-corrected chi connectivity index (χ0v) is 11.7. The van der Waals surface area contributed by atoms with Gasteiger partial charge >= 0.3 is 0 Å². The molecule has 1 N–H and O–H groups in total. The Labute approximate surface area is 115 Å². The Balaban J connectivity index is 2.48. The number of rotatable bonds is 3. The summed E-state index contributed by atoms with van der Waals surface area (Å²) in [4.78, 5) is 0. The van der Waals surface area contributed by atoms with E-state index in [0.717, 1.165) is 15.4 Å². The Morgan fingerprint density at radius 2 is 1.78 bits per heavy atom.